The van der Waals surface area contributed by atoms with E-state index in [0.717, 1.165) is 38.5 Å². The first kappa shape index (κ1) is 31.4. The minimum Gasteiger partial charge on any atom is -0.443 e. The van der Waals surface area contributed by atoms with E-state index in [1.165, 1.54) is 5.57 Å². The SMILES string of the molecule is CCC(=O)NCCCCCCNC(=O)CCNC(=O)OC1CC[C@]2(CO2)C([C@@]2(C)O[C@@H]2CC=C(C)C)C1OC. The molecule has 3 amide bonds. The molecule has 0 aromatic carbocycles. The van der Waals surface area contributed by atoms with Crippen LogP contribution in [0.25, 0.3) is 0 Å². The van der Waals surface area contributed by atoms with Gasteiger partial charge in [0.15, 0.2) is 0 Å². The van der Waals surface area contributed by atoms with E-state index in [-0.39, 0.29) is 54.1 Å². The largest absolute Gasteiger partial charge is 0.443 e. The molecular weight excluding hydrogens is 502 g/mol. The van der Waals surface area contributed by atoms with Gasteiger partial charge in [-0.1, -0.05) is 31.4 Å². The minimum atomic E-state index is -0.542. The summed E-state index contributed by atoms with van der Waals surface area (Å²) in [6, 6.07) is 0. The first-order chi connectivity index (χ1) is 18.6. The summed E-state index contributed by atoms with van der Waals surface area (Å²) < 4.78 is 23.9. The van der Waals surface area contributed by atoms with Gasteiger partial charge < -0.3 is 34.9 Å². The van der Waals surface area contributed by atoms with Crippen LogP contribution in [0.5, 0.6) is 0 Å². The summed E-state index contributed by atoms with van der Waals surface area (Å²) in [5.41, 5.74) is 0.605. The highest BCUT2D eigenvalue weighted by atomic mass is 16.6. The van der Waals surface area contributed by atoms with Crippen molar-refractivity contribution in [2.24, 2.45) is 5.92 Å². The number of unbranched alkanes of at least 4 members (excludes halogenated alkanes) is 3. The Balaban J connectivity index is 1.34. The summed E-state index contributed by atoms with van der Waals surface area (Å²) >= 11 is 0. The van der Waals surface area contributed by atoms with Gasteiger partial charge in [-0.3, -0.25) is 9.59 Å². The Bertz CT molecular complexity index is 871. The fourth-order valence-electron chi connectivity index (χ4n) is 5.80. The Labute approximate surface area is 233 Å². The van der Waals surface area contributed by atoms with Crippen LogP contribution < -0.4 is 16.0 Å². The molecule has 0 bridgehead atoms. The average Bonchev–Trinajstić information content (AvgIpc) is 3.82. The topological polar surface area (TPSA) is 131 Å². The standard InChI is InChI=1S/C29H49N3O7/c1-6-23(33)30-16-9-7-8-10-17-31-24(34)14-18-32-27(35)38-21-13-15-29(19-37-29)26(25(21)36-5)28(4)22(39-28)12-11-20(2)3/h11,21-22,25-26H,6-10,12-19H2,1-5H3,(H,30,33)(H,31,34)(H,32,35)/t21?,22-,25?,26?,28+,29+/m1/s1. The Hall–Kier alpha value is -2.17. The lowest BCUT2D eigenvalue weighted by atomic mass is 9.68. The number of alkyl carbamates (subject to hydrolysis) is 1. The van der Waals surface area contributed by atoms with E-state index < -0.39 is 12.2 Å². The Morgan fingerprint density at radius 2 is 1.67 bits per heavy atom. The predicted molar refractivity (Wildman–Crippen MR) is 147 cm³/mol. The molecule has 3 unspecified atom stereocenters. The first-order valence-corrected chi connectivity index (χ1v) is 14.6. The molecule has 1 aliphatic carbocycles. The lowest BCUT2D eigenvalue weighted by Gasteiger charge is -2.42. The molecule has 222 valence electrons. The van der Waals surface area contributed by atoms with Crippen LogP contribution in [-0.2, 0) is 28.5 Å². The quantitative estimate of drug-likeness (QED) is 0.152. The van der Waals surface area contributed by atoms with Crippen LogP contribution in [0.3, 0.4) is 0 Å². The molecule has 3 N–H and O–H groups in total. The van der Waals surface area contributed by atoms with E-state index >= 15 is 0 Å². The molecule has 2 heterocycles. The highest BCUT2D eigenvalue weighted by Gasteiger charge is 2.72. The Morgan fingerprint density at radius 1 is 1.00 bits per heavy atom. The van der Waals surface area contributed by atoms with Crippen LogP contribution in [-0.4, -0.2) is 80.8 Å². The normalized spacial score (nSPS) is 30.8. The molecule has 1 saturated carbocycles. The van der Waals surface area contributed by atoms with Gasteiger partial charge in [0.2, 0.25) is 11.8 Å². The monoisotopic (exact) mass is 551 g/mol. The van der Waals surface area contributed by atoms with Crippen LogP contribution in [0, 0.1) is 5.92 Å². The molecule has 0 radical (unpaired) electrons. The van der Waals surface area contributed by atoms with Gasteiger partial charge in [-0.2, -0.15) is 0 Å². The van der Waals surface area contributed by atoms with Crippen molar-refractivity contribution in [3.8, 4) is 0 Å². The van der Waals surface area contributed by atoms with E-state index in [9.17, 15) is 14.4 Å². The smallest absolute Gasteiger partial charge is 0.407 e. The summed E-state index contributed by atoms with van der Waals surface area (Å²) in [6.07, 6.45) is 7.80. The molecule has 10 heteroatoms. The summed E-state index contributed by atoms with van der Waals surface area (Å²) in [4.78, 5) is 35.9. The zero-order chi connectivity index (χ0) is 28.5. The summed E-state index contributed by atoms with van der Waals surface area (Å²) in [7, 11) is 1.65. The molecular formula is C29H49N3O7. The molecule has 10 nitrogen and oxygen atoms in total. The van der Waals surface area contributed by atoms with Crippen molar-refractivity contribution in [2.45, 2.75) is 115 Å². The second kappa shape index (κ2) is 14.5. The number of allylic oxidation sites excluding steroid dienone is 1. The number of hydrogen-bond donors (Lipinski definition) is 3. The van der Waals surface area contributed by atoms with Crippen LogP contribution in [0.2, 0.25) is 0 Å². The molecule has 6 atom stereocenters. The van der Waals surface area contributed by atoms with Crippen LogP contribution >= 0.6 is 0 Å². The van der Waals surface area contributed by atoms with Gasteiger partial charge in [-0.05, 0) is 52.9 Å². The van der Waals surface area contributed by atoms with E-state index in [1.54, 1.807) is 7.11 Å². The molecule has 1 spiro atoms. The second-order valence-electron chi connectivity index (χ2n) is 11.5. The number of rotatable bonds is 16. The highest BCUT2D eigenvalue weighted by molar-refractivity contribution is 5.77. The zero-order valence-corrected chi connectivity index (χ0v) is 24.4. The van der Waals surface area contributed by atoms with E-state index in [4.69, 9.17) is 18.9 Å². The van der Waals surface area contributed by atoms with Gasteiger partial charge in [-0.15, -0.1) is 0 Å². The van der Waals surface area contributed by atoms with E-state index in [1.807, 2.05) is 6.92 Å². The third-order valence-corrected chi connectivity index (χ3v) is 8.19. The summed E-state index contributed by atoms with van der Waals surface area (Å²) in [6.45, 7) is 10.3. The molecule has 3 fully saturated rings. The zero-order valence-electron chi connectivity index (χ0n) is 24.4. The molecule has 0 aromatic rings. The van der Waals surface area contributed by atoms with Crippen molar-refractivity contribution >= 4 is 17.9 Å². The Kier molecular flexibility index (Phi) is 11.6. The highest BCUT2D eigenvalue weighted by Crippen LogP contribution is 2.59. The van der Waals surface area contributed by atoms with Crippen molar-refractivity contribution in [1.82, 2.24) is 16.0 Å². The fourth-order valence-corrected chi connectivity index (χ4v) is 5.80. The number of nitrogens with one attached hydrogen (secondary N) is 3. The molecule has 3 rings (SSSR count). The van der Waals surface area contributed by atoms with Crippen LogP contribution in [0.4, 0.5) is 4.79 Å². The van der Waals surface area contributed by atoms with Crippen molar-refractivity contribution in [2.75, 3.05) is 33.4 Å². The minimum absolute atomic E-state index is 0.0296. The van der Waals surface area contributed by atoms with Crippen LogP contribution in [0.1, 0.15) is 85.5 Å². The average molecular weight is 552 g/mol. The van der Waals surface area contributed by atoms with E-state index in [2.05, 4.69) is 42.8 Å². The third kappa shape index (κ3) is 8.91. The predicted octanol–water partition coefficient (Wildman–Crippen LogP) is 3.38. The number of carbonyl (C=O) groups excluding carboxylic acids is 3. The van der Waals surface area contributed by atoms with Gasteiger partial charge in [0.25, 0.3) is 0 Å². The van der Waals surface area contributed by atoms with Crippen molar-refractivity contribution < 1.29 is 33.3 Å². The van der Waals surface area contributed by atoms with Gasteiger partial charge >= 0.3 is 6.09 Å². The lowest BCUT2D eigenvalue weighted by Crippen LogP contribution is -2.56. The number of methoxy groups -OCH3 is 1. The van der Waals surface area contributed by atoms with Gasteiger partial charge in [-0.25, -0.2) is 4.79 Å². The third-order valence-electron chi connectivity index (χ3n) is 8.19. The maximum absolute atomic E-state index is 12.6. The number of hydrogen-bond acceptors (Lipinski definition) is 7. The molecule has 39 heavy (non-hydrogen) atoms. The summed E-state index contributed by atoms with van der Waals surface area (Å²) in [5.74, 6) is -0.0569. The van der Waals surface area contributed by atoms with Crippen molar-refractivity contribution in [1.29, 1.82) is 0 Å². The van der Waals surface area contributed by atoms with Gasteiger partial charge in [0.1, 0.15) is 23.4 Å². The Morgan fingerprint density at radius 3 is 2.26 bits per heavy atom. The number of ether oxygens (including phenoxy) is 4. The molecule has 2 saturated heterocycles. The number of epoxide rings is 2. The summed E-state index contributed by atoms with van der Waals surface area (Å²) in [5, 5.41) is 8.45. The molecule has 0 aromatic heterocycles. The fraction of sp³-hybridized carbons (Fsp3) is 0.828. The van der Waals surface area contributed by atoms with Gasteiger partial charge in [0.05, 0.1) is 18.6 Å². The van der Waals surface area contributed by atoms with E-state index in [0.29, 0.717) is 32.5 Å². The maximum Gasteiger partial charge on any atom is 0.407 e. The molecule has 3 aliphatic rings. The van der Waals surface area contributed by atoms with Crippen LogP contribution in [0.15, 0.2) is 11.6 Å². The van der Waals surface area contributed by atoms with Crippen molar-refractivity contribution in [3.05, 3.63) is 11.6 Å². The first-order valence-electron chi connectivity index (χ1n) is 14.6. The number of carbonyl (C=O) groups is 3. The van der Waals surface area contributed by atoms with Crippen molar-refractivity contribution in [3.63, 3.8) is 0 Å². The molecule has 2 aliphatic heterocycles. The van der Waals surface area contributed by atoms with Gasteiger partial charge in [0, 0.05) is 39.6 Å². The number of amides is 3. The lowest BCUT2D eigenvalue weighted by molar-refractivity contribution is -0.122. The maximum atomic E-state index is 12.6. The second-order valence-corrected chi connectivity index (χ2v) is 11.5.